The average Bonchev–Trinajstić information content (AvgIpc) is 2.28. The van der Waals surface area contributed by atoms with Crippen molar-refractivity contribution in [3.05, 3.63) is 23.4 Å². The minimum atomic E-state index is -2.84. The van der Waals surface area contributed by atoms with Gasteiger partial charge in [0.1, 0.15) is 5.82 Å². The van der Waals surface area contributed by atoms with Gasteiger partial charge in [0.15, 0.2) is 9.84 Å². The molecule has 18 heavy (non-hydrogen) atoms. The van der Waals surface area contributed by atoms with E-state index >= 15 is 0 Å². The summed E-state index contributed by atoms with van der Waals surface area (Å²) >= 11 is 0. The predicted molar refractivity (Wildman–Crippen MR) is 72.6 cm³/mol. The molecule has 0 bridgehead atoms. The van der Waals surface area contributed by atoms with Gasteiger partial charge in [-0.2, -0.15) is 0 Å². The van der Waals surface area contributed by atoms with Crippen LogP contribution in [0.25, 0.3) is 0 Å². The molecule has 1 fully saturated rings. The summed E-state index contributed by atoms with van der Waals surface area (Å²) in [5, 5.41) is 3.11. The van der Waals surface area contributed by atoms with Gasteiger partial charge in [0.2, 0.25) is 0 Å². The van der Waals surface area contributed by atoms with Crippen LogP contribution in [0, 0.1) is 6.92 Å². The molecular formula is C12H19N3O2S. The number of hydrogen-bond donors (Lipinski definition) is 1. The van der Waals surface area contributed by atoms with E-state index in [2.05, 4.69) is 10.3 Å². The minimum absolute atomic E-state index is 0.226. The number of rotatable bonds is 3. The van der Waals surface area contributed by atoms with Crippen molar-refractivity contribution in [2.45, 2.75) is 13.5 Å². The lowest BCUT2D eigenvalue weighted by molar-refractivity contribution is 0.586. The zero-order valence-corrected chi connectivity index (χ0v) is 11.6. The number of pyridine rings is 1. The Bertz CT molecular complexity index is 514. The largest absolute Gasteiger partial charge is 0.355 e. The van der Waals surface area contributed by atoms with Crippen molar-refractivity contribution < 1.29 is 8.42 Å². The second kappa shape index (κ2) is 5.24. The zero-order valence-electron chi connectivity index (χ0n) is 10.8. The Morgan fingerprint density at radius 3 is 2.61 bits per heavy atom. The van der Waals surface area contributed by atoms with E-state index < -0.39 is 9.84 Å². The summed E-state index contributed by atoms with van der Waals surface area (Å²) in [7, 11) is -0.930. The molecule has 0 atom stereocenters. The zero-order chi connectivity index (χ0) is 13.2. The Labute approximate surface area is 108 Å². The van der Waals surface area contributed by atoms with Crippen LogP contribution in [0.4, 0.5) is 5.82 Å². The standard InChI is InChI=1S/C12H19N3O2S/c1-10-7-11(9-13-2)8-12(14-10)15-3-5-18(16,17)6-4-15/h7-8,13H,3-6,9H2,1-2H3. The van der Waals surface area contributed by atoms with Gasteiger partial charge in [0.05, 0.1) is 11.5 Å². The third-order valence-corrected chi connectivity index (χ3v) is 4.66. The van der Waals surface area contributed by atoms with E-state index in [1.807, 2.05) is 31.0 Å². The highest BCUT2D eigenvalue weighted by Gasteiger charge is 2.22. The highest BCUT2D eigenvalue weighted by molar-refractivity contribution is 7.91. The molecule has 6 heteroatoms. The fraction of sp³-hybridized carbons (Fsp3) is 0.583. The molecule has 0 radical (unpaired) electrons. The Hall–Kier alpha value is -1.14. The van der Waals surface area contributed by atoms with Crippen LogP contribution in [-0.2, 0) is 16.4 Å². The summed E-state index contributed by atoms with van der Waals surface area (Å²) in [6, 6.07) is 4.07. The lowest BCUT2D eigenvalue weighted by Crippen LogP contribution is -2.40. The van der Waals surface area contributed by atoms with Gasteiger partial charge < -0.3 is 10.2 Å². The molecule has 5 nitrogen and oxygen atoms in total. The summed E-state index contributed by atoms with van der Waals surface area (Å²) in [6.07, 6.45) is 0. The van der Waals surface area contributed by atoms with Crippen molar-refractivity contribution in [2.75, 3.05) is 36.5 Å². The minimum Gasteiger partial charge on any atom is -0.355 e. The topological polar surface area (TPSA) is 62.3 Å². The quantitative estimate of drug-likeness (QED) is 0.857. The van der Waals surface area contributed by atoms with Crippen molar-refractivity contribution in [1.29, 1.82) is 0 Å². The fourth-order valence-electron chi connectivity index (χ4n) is 2.13. The van der Waals surface area contributed by atoms with Crippen molar-refractivity contribution >= 4 is 15.7 Å². The van der Waals surface area contributed by atoms with Gasteiger partial charge in [-0.15, -0.1) is 0 Å². The van der Waals surface area contributed by atoms with Crippen LogP contribution in [0.1, 0.15) is 11.3 Å². The Balaban J connectivity index is 2.18. The maximum atomic E-state index is 11.4. The van der Waals surface area contributed by atoms with Crippen molar-refractivity contribution in [3.8, 4) is 0 Å². The van der Waals surface area contributed by atoms with Crippen LogP contribution in [-0.4, -0.2) is 45.0 Å². The first-order valence-electron chi connectivity index (χ1n) is 6.08. The fourth-order valence-corrected chi connectivity index (χ4v) is 3.33. The van der Waals surface area contributed by atoms with E-state index in [1.165, 1.54) is 5.56 Å². The number of aromatic nitrogens is 1. The molecule has 0 unspecified atom stereocenters. The van der Waals surface area contributed by atoms with Crippen LogP contribution in [0.2, 0.25) is 0 Å². The van der Waals surface area contributed by atoms with E-state index in [4.69, 9.17) is 0 Å². The maximum Gasteiger partial charge on any atom is 0.153 e. The Kier molecular flexibility index (Phi) is 3.87. The Morgan fingerprint density at radius 1 is 1.33 bits per heavy atom. The predicted octanol–water partition coefficient (Wildman–Crippen LogP) is 0.344. The number of nitrogens with one attached hydrogen (secondary N) is 1. The van der Waals surface area contributed by atoms with E-state index in [0.29, 0.717) is 13.1 Å². The first-order chi connectivity index (χ1) is 8.50. The average molecular weight is 269 g/mol. The van der Waals surface area contributed by atoms with Gasteiger partial charge in [0, 0.05) is 25.3 Å². The lowest BCUT2D eigenvalue weighted by Gasteiger charge is -2.28. The maximum absolute atomic E-state index is 11.4. The normalized spacial score (nSPS) is 18.9. The molecule has 2 rings (SSSR count). The number of nitrogens with zero attached hydrogens (tertiary/aromatic N) is 2. The SMILES string of the molecule is CNCc1cc(C)nc(N2CCS(=O)(=O)CC2)c1. The number of hydrogen-bond acceptors (Lipinski definition) is 5. The van der Waals surface area contributed by atoms with Gasteiger partial charge in [-0.25, -0.2) is 13.4 Å². The molecule has 0 spiro atoms. The Morgan fingerprint density at radius 2 is 2.00 bits per heavy atom. The second-order valence-electron chi connectivity index (χ2n) is 4.64. The molecule has 0 aliphatic carbocycles. The van der Waals surface area contributed by atoms with Crippen LogP contribution in [0.5, 0.6) is 0 Å². The van der Waals surface area contributed by atoms with Crippen molar-refractivity contribution in [1.82, 2.24) is 10.3 Å². The van der Waals surface area contributed by atoms with Gasteiger partial charge >= 0.3 is 0 Å². The number of sulfone groups is 1. The van der Waals surface area contributed by atoms with Crippen molar-refractivity contribution in [2.24, 2.45) is 0 Å². The molecule has 0 saturated carbocycles. The van der Waals surface area contributed by atoms with Crippen LogP contribution in [0.3, 0.4) is 0 Å². The molecule has 1 aromatic rings. The molecule has 2 heterocycles. The summed E-state index contributed by atoms with van der Waals surface area (Å²) in [5.74, 6) is 1.34. The van der Waals surface area contributed by atoms with E-state index in [-0.39, 0.29) is 11.5 Å². The van der Waals surface area contributed by atoms with Gasteiger partial charge in [-0.3, -0.25) is 0 Å². The number of anilines is 1. The molecule has 0 aromatic carbocycles. The second-order valence-corrected chi connectivity index (χ2v) is 6.95. The summed E-state index contributed by atoms with van der Waals surface area (Å²) < 4.78 is 22.8. The highest BCUT2D eigenvalue weighted by Crippen LogP contribution is 2.17. The molecular weight excluding hydrogens is 250 g/mol. The highest BCUT2D eigenvalue weighted by atomic mass is 32.2. The molecule has 1 saturated heterocycles. The first kappa shape index (κ1) is 13.3. The summed E-state index contributed by atoms with van der Waals surface area (Å²) in [6.45, 7) is 3.83. The van der Waals surface area contributed by atoms with Gasteiger partial charge in [0.25, 0.3) is 0 Å². The van der Waals surface area contributed by atoms with E-state index in [1.54, 1.807) is 0 Å². The molecule has 1 aliphatic heterocycles. The first-order valence-corrected chi connectivity index (χ1v) is 7.90. The van der Waals surface area contributed by atoms with Crippen LogP contribution < -0.4 is 10.2 Å². The number of aryl methyl sites for hydroxylation is 1. The van der Waals surface area contributed by atoms with Crippen LogP contribution in [0.15, 0.2) is 12.1 Å². The van der Waals surface area contributed by atoms with Crippen molar-refractivity contribution in [3.63, 3.8) is 0 Å². The lowest BCUT2D eigenvalue weighted by atomic mass is 10.2. The van der Waals surface area contributed by atoms with Gasteiger partial charge in [-0.05, 0) is 31.7 Å². The van der Waals surface area contributed by atoms with E-state index in [9.17, 15) is 8.42 Å². The monoisotopic (exact) mass is 269 g/mol. The summed E-state index contributed by atoms with van der Waals surface area (Å²) in [4.78, 5) is 6.54. The molecule has 0 amide bonds. The van der Waals surface area contributed by atoms with Crippen LogP contribution >= 0.6 is 0 Å². The van der Waals surface area contributed by atoms with E-state index in [0.717, 1.165) is 18.1 Å². The molecule has 1 aromatic heterocycles. The smallest absolute Gasteiger partial charge is 0.153 e. The third kappa shape index (κ3) is 3.20. The molecule has 1 aliphatic rings. The molecule has 1 N–H and O–H groups in total. The summed E-state index contributed by atoms with van der Waals surface area (Å²) in [5.41, 5.74) is 2.14. The molecule has 100 valence electrons. The third-order valence-electron chi connectivity index (χ3n) is 3.05. The van der Waals surface area contributed by atoms with Gasteiger partial charge in [-0.1, -0.05) is 0 Å².